The largest absolute Gasteiger partial charge is 0.495 e. The van der Waals surface area contributed by atoms with E-state index in [1.807, 2.05) is 51.1 Å². The highest BCUT2D eigenvalue weighted by Crippen LogP contribution is 2.38. The number of aliphatic hydroxyl groups is 3. The first-order chi connectivity index (χ1) is 20.2. The summed E-state index contributed by atoms with van der Waals surface area (Å²) in [6.07, 6.45) is -1.11. The summed E-state index contributed by atoms with van der Waals surface area (Å²) in [7, 11) is 1.58. The van der Waals surface area contributed by atoms with E-state index in [1.165, 1.54) is 0 Å². The quantitative estimate of drug-likeness (QED) is 0.158. The molecule has 0 amide bonds. The summed E-state index contributed by atoms with van der Waals surface area (Å²) in [6, 6.07) is 8.82. The second-order valence-electron chi connectivity index (χ2n) is 10.4. The number of aromatic nitrogens is 3. The van der Waals surface area contributed by atoms with Crippen molar-refractivity contribution in [3.63, 3.8) is 0 Å². The molecule has 0 radical (unpaired) electrons. The van der Waals surface area contributed by atoms with Gasteiger partial charge in [0.2, 0.25) is 11.8 Å². The van der Waals surface area contributed by atoms with Gasteiger partial charge in [-0.15, -0.1) is 12.4 Å². The predicted octanol–water partition coefficient (Wildman–Crippen LogP) is 4.55. The van der Waals surface area contributed by atoms with Crippen LogP contribution in [0, 0.1) is 19.8 Å². The lowest BCUT2D eigenvalue weighted by Crippen LogP contribution is -2.35. The van der Waals surface area contributed by atoms with Crippen LogP contribution in [0.4, 0.5) is 11.8 Å². The molecule has 1 saturated carbocycles. The highest BCUT2D eigenvalue weighted by atomic mass is 35.5. The standard InChI is InChI=1S/C30H36ClN5O6.ClH/c1-5-41-24-13-18-12-23(42-28(18)16(3)33-24)25-15(2)34-30(32-9-8-17-6-7-22(40-4)20(31)10-17)36-29(25)35-21-11-19(14-37)26(38)27(21)39;/h6-7,10,12-13,19,21,26-27,37-39H,5,8-9,11,14H2,1-4H3,(H2,32,34,35,36);1H/t19-,21-,26-,27+;/m1./s1. The molecule has 0 spiro atoms. The average Bonchev–Trinajstić information content (AvgIpc) is 3.50. The lowest BCUT2D eigenvalue weighted by molar-refractivity contribution is 0.00446. The summed E-state index contributed by atoms with van der Waals surface area (Å²) in [5.74, 6) is 2.02. The van der Waals surface area contributed by atoms with Crippen molar-refractivity contribution in [1.82, 2.24) is 15.0 Å². The first kappa shape index (κ1) is 32.6. The van der Waals surface area contributed by atoms with Crippen LogP contribution in [0.2, 0.25) is 5.02 Å². The molecule has 0 unspecified atom stereocenters. The number of fused-ring (bicyclic) bond motifs is 1. The number of halogens is 2. The molecule has 1 aromatic carbocycles. The number of benzene rings is 1. The second-order valence-corrected chi connectivity index (χ2v) is 10.8. The zero-order chi connectivity index (χ0) is 30.0. The van der Waals surface area contributed by atoms with Crippen molar-refractivity contribution in [3.8, 4) is 23.0 Å². The van der Waals surface area contributed by atoms with Crippen molar-refractivity contribution in [2.75, 3.05) is 37.5 Å². The molecule has 0 bridgehead atoms. The van der Waals surface area contributed by atoms with Crippen molar-refractivity contribution in [1.29, 1.82) is 0 Å². The molecule has 1 aliphatic carbocycles. The normalized spacial score (nSPS) is 19.7. The van der Waals surface area contributed by atoms with E-state index >= 15 is 0 Å². The molecule has 13 heteroatoms. The summed E-state index contributed by atoms with van der Waals surface area (Å²) >= 11 is 6.28. The van der Waals surface area contributed by atoms with E-state index in [9.17, 15) is 15.3 Å². The van der Waals surface area contributed by atoms with Crippen LogP contribution in [0.3, 0.4) is 0 Å². The first-order valence-corrected chi connectivity index (χ1v) is 14.3. The molecule has 43 heavy (non-hydrogen) atoms. The van der Waals surface area contributed by atoms with Crippen LogP contribution in [0.1, 0.15) is 30.3 Å². The molecular formula is C30H37Cl2N5O6. The number of nitrogens with zero attached hydrogens (tertiary/aromatic N) is 3. The molecule has 3 aromatic heterocycles. The van der Waals surface area contributed by atoms with Crippen LogP contribution in [0.15, 0.2) is 34.7 Å². The highest BCUT2D eigenvalue weighted by Gasteiger charge is 2.41. The maximum absolute atomic E-state index is 10.7. The topological polar surface area (TPSA) is 155 Å². The Kier molecular flexibility index (Phi) is 10.6. The number of ether oxygens (including phenoxy) is 2. The summed E-state index contributed by atoms with van der Waals surface area (Å²) < 4.78 is 17.1. The summed E-state index contributed by atoms with van der Waals surface area (Å²) in [5.41, 5.74) is 3.59. The van der Waals surface area contributed by atoms with Crippen molar-refractivity contribution in [2.45, 2.75) is 51.9 Å². The number of aliphatic hydroxyl groups excluding tert-OH is 3. The number of anilines is 2. The zero-order valence-corrected chi connectivity index (χ0v) is 26.0. The molecule has 0 aliphatic heterocycles. The number of aryl methyl sites for hydroxylation is 2. The maximum Gasteiger partial charge on any atom is 0.224 e. The van der Waals surface area contributed by atoms with E-state index < -0.39 is 24.2 Å². The Morgan fingerprint density at radius 3 is 2.53 bits per heavy atom. The van der Waals surface area contributed by atoms with E-state index in [0.717, 1.165) is 10.9 Å². The Bertz CT molecular complexity index is 1570. The number of hydrogen-bond donors (Lipinski definition) is 5. The van der Waals surface area contributed by atoms with Gasteiger partial charge in [0.05, 0.1) is 47.8 Å². The third-order valence-electron chi connectivity index (χ3n) is 7.55. The monoisotopic (exact) mass is 633 g/mol. The third-order valence-corrected chi connectivity index (χ3v) is 7.84. The summed E-state index contributed by atoms with van der Waals surface area (Å²) in [4.78, 5) is 13.9. The van der Waals surface area contributed by atoms with E-state index in [4.69, 9.17) is 35.5 Å². The number of pyridine rings is 1. The van der Waals surface area contributed by atoms with Crippen LogP contribution in [0.5, 0.6) is 11.6 Å². The third kappa shape index (κ3) is 6.91. The summed E-state index contributed by atoms with van der Waals surface area (Å²) in [5, 5.41) is 38.8. The van der Waals surface area contributed by atoms with E-state index in [1.54, 1.807) is 7.11 Å². The Labute approximate surface area is 261 Å². The van der Waals surface area contributed by atoms with Gasteiger partial charge in [0.25, 0.3) is 0 Å². The minimum Gasteiger partial charge on any atom is -0.495 e. The molecule has 232 valence electrons. The molecule has 3 heterocycles. The molecule has 1 aliphatic rings. The fourth-order valence-corrected chi connectivity index (χ4v) is 5.66. The first-order valence-electron chi connectivity index (χ1n) is 13.9. The molecule has 0 saturated heterocycles. The Balaban J connectivity index is 0.00000423. The fourth-order valence-electron chi connectivity index (χ4n) is 5.38. The van der Waals surface area contributed by atoms with Gasteiger partial charge in [0, 0.05) is 30.5 Å². The highest BCUT2D eigenvalue weighted by molar-refractivity contribution is 6.32. The minimum absolute atomic E-state index is 0. The molecule has 1 fully saturated rings. The molecule has 11 nitrogen and oxygen atoms in total. The molecule has 4 aromatic rings. The van der Waals surface area contributed by atoms with Gasteiger partial charge < -0.3 is 39.8 Å². The molecule has 5 rings (SSSR count). The number of rotatable bonds is 11. The van der Waals surface area contributed by atoms with Gasteiger partial charge in [-0.25, -0.2) is 9.97 Å². The van der Waals surface area contributed by atoms with Crippen molar-refractivity contribution in [3.05, 3.63) is 52.3 Å². The SMILES string of the molecule is CCOc1cc2cc(-c3c(C)nc(NCCc4ccc(OC)c(Cl)c4)nc3N[C@@H]3C[C@H](CO)[C@@H](O)[C@H]3O)oc2c(C)n1.Cl. The van der Waals surface area contributed by atoms with Gasteiger partial charge >= 0.3 is 0 Å². The fraction of sp³-hybridized carbons (Fsp3) is 0.433. The smallest absolute Gasteiger partial charge is 0.224 e. The lowest BCUT2D eigenvalue weighted by Gasteiger charge is -2.21. The number of furan rings is 1. The average molecular weight is 635 g/mol. The lowest BCUT2D eigenvalue weighted by atomic mass is 10.1. The van der Waals surface area contributed by atoms with Gasteiger partial charge in [0.1, 0.15) is 23.4 Å². The van der Waals surface area contributed by atoms with Crippen LogP contribution in [-0.4, -0.2) is 75.4 Å². The van der Waals surface area contributed by atoms with Gasteiger partial charge in [-0.1, -0.05) is 17.7 Å². The van der Waals surface area contributed by atoms with Crippen LogP contribution in [-0.2, 0) is 6.42 Å². The summed E-state index contributed by atoms with van der Waals surface area (Å²) in [6.45, 7) is 6.42. The minimum atomic E-state index is -1.09. The number of hydrogen-bond acceptors (Lipinski definition) is 11. The second kappa shape index (κ2) is 14.0. The van der Waals surface area contributed by atoms with E-state index in [0.29, 0.717) is 82.7 Å². The molecule has 4 atom stereocenters. The van der Waals surface area contributed by atoms with E-state index in [-0.39, 0.29) is 19.0 Å². The Morgan fingerprint density at radius 1 is 1.07 bits per heavy atom. The van der Waals surface area contributed by atoms with Crippen molar-refractivity contribution >= 4 is 46.7 Å². The number of methoxy groups -OCH3 is 1. The van der Waals surface area contributed by atoms with Gasteiger partial charge in [-0.2, -0.15) is 4.98 Å². The van der Waals surface area contributed by atoms with E-state index in [2.05, 4.69) is 15.6 Å². The van der Waals surface area contributed by atoms with Gasteiger partial charge in [0.15, 0.2) is 5.58 Å². The molecule has 5 N–H and O–H groups in total. The van der Waals surface area contributed by atoms with Gasteiger partial charge in [-0.3, -0.25) is 0 Å². The Hall–Kier alpha value is -3.35. The number of nitrogens with one attached hydrogen (secondary N) is 2. The van der Waals surface area contributed by atoms with Crippen LogP contribution >= 0.6 is 24.0 Å². The predicted molar refractivity (Wildman–Crippen MR) is 168 cm³/mol. The van der Waals surface area contributed by atoms with Crippen LogP contribution in [0.25, 0.3) is 22.3 Å². The zero-order valence-electron chi connectivity index (χ0n) is 24.4. The Morgan fingerprint density at radius 2 is 1.86 bits per heavy atom. The van der Waals surface area contributed by atoms with Crippen molar-refractivity contribution in [2.24, 2.45) is 5.92 Å². The van der Waals surface area contributed by atoms with Crippen molar-refractivity contribution < 1.29 is 29.2 Å². The van der Waals surface area contributed by atoms with Crippen LogP contribution < -0.4 is 20.1 Å². The maximum atomic E-state index is 10.7. The van der Waals surface area contributed by atoms with Gasteiger partial charge in [-0.05, 0) is 57.4 Å². The molecular weight excluding hydrogens is 597 g/mol.